The van der Waals surface area contributed by atoms with E-state index in [4.69, 9.17) is 4.74 Å². The molecule has 0 aromatic heterocycles. The first-order chi connectivity index (χ1) is 10.3. The fourth-order valence-electron chi connectivity index (χ4n) is 4.16. The molecular weight excluding hydrogens is 260 g/mol. The van der Waals surface area contributed by atoms with Gasteiger partial charge in [0, 0.05) is 6.61 Å². The Bertz CT molecular complexity index is 417. The van der Waals surface area contributed by atoms with Crippen LogP contribution in [0.4, 0.5) is 0 Å². The second kappa shape index (κ2) is 6.93. The van der Waals surface area contributed by atoms with Crippen LogP contribution in [0.25, 0.3) is 0 Å². The average molecular weight is 288 g/mol. The first-order valence-corrected chi connectivity index (χ1v) is 8.64. The molecule has 1 aromatic carbocycles. The van der Waals surface area contributed by atoms with Crippen molar-refractivity contribution in [1.29, 1.82) is 0 Å². The number of hydrogen-bond donors (Lipinski definition) is 1. The quantitative estimate of drug-likeness (QED) is 0.875. The average Bonchev–Trinajstić information content (AvgIpc) is 2.54. The van der Waals surface area contributed by atoms with Crippen molar-refractivity contribution in [3.8, 4) is 0 Å². The van der Waals surface area contributed by atoms with E-state index in [9.17, 15) is 5.11 Å². The van der Waals surface area contributed by atoms with Crippen molar-refractivity contribution in [2.24, 2.45) is 5.92 Å². The highest BCUT2D eigenvalue weighted by Gasteiger charge is 2.38. The van der Waals surface area contributed by atoms with Crippen LogP contribution in [0.3, 0.4) is 0 Å². The van der Waals surface area contributed by atoms with Crippen LogP contribution >= 0.6 is 0 Å². The van der Waals surface area contributed by atoms with Gasteiger partial charge in [0.15, 0.2) is 0 Å². The molecule has 21 heavy (non-hydrogen) atoms. The monoisotopic (exact) mass is 288 g/mol. The van der Waals surface area contributed by atoms with E-state index in [-0.39, 0.29) is 11.7 Å². The second-order valence-corrected chi connectivity index (χ2v) is 6.95. The predicted octanol–water partition coefficient (Wildman–Crippen LogP) is 4.63. The van der Waals surface area contributed by atoms with Crippen molar-refractivity contribution in [2.75, 3.05) is 6.61 Å². The van der Waals surface area contributed by atoms with Gasteiger partial charge in [0.1, 0.15) is 0 Å². The van der Waals surface area contributed by atoms with E-state index in [0.29, 0.717) is 0 Å². The molecule has 2 fully saturated rings. The Balaban J connectivity index is 1.51. The first-order valence-electron chi connectivity index (χ1n) is 8.64. The van der Waals surface area contributed by atoms with Crippen LogP contribution in [-0.2, 0) is 4.74 Å². The molecule has 0 radical (unpaired) electrons. The molecule has 2 aliphatic rings. The predicted molar refractivity (Wildman–Crippen MR) is 85.1 cm³/mol. The van der Waals surface area contributed by atoms with Gasteiger partial charge in [-0.2, -0.15) is 0 Å². The van der Waals surface area contributed by atoms with Gasteiger partial charge < -0.3 is 9.84 Å². The largest absolute Gasteiger partial charge is 0.388 e. The van der Waals surface area contributed by atoms with Gasteiger partial charge in [0.05, 0.1) is 11.7 Å². The molecule has 1 heterocycles. The molecule has 2 nitrogen and oxygen atoms in total. The molecule has 1 spiro atoms. The lowest BCUT2D eigenvalue weighted by Gasteiger charge is -2.43. The summed E-state index contributed by atoms with van der Waals surface area (Å²) in [5, 5.41) is 10.3. The molecule has 2 atom stereocenters. The van der Waals surface area contributed by atoms with Gasteiger partial charge >= 0.3 is 0 Å². The standard InChI is InChI=1S/C19H28O2/c20-18(17-7-3-1-4-8-17)10-9-16-11-14-21-19(15-16)12-5-2-6-13-19/h1,3-4,7-8,16,18,20H,2,5-6,9-15H2. The number of benzene rings is 1. The van der Waals surface area contributed by atoms with Crippen molar-refractivity contribution >= 4 is 0 Å². The van der Waals surface area contributed by atoms with Crippen LogP contribution < -0.4 is 0 Å². The van der Waals surface area contributed by atoms with E-state index in [2.05, 4.69) is 0 Å². The van der Waals surface area contributed by atoms with Crippen LogP contribution in [0.15, 0.2) is 30.3 Å². The summed E-state index contributed by atoms with van der Waals surface area (Å²) >= 11 is 0. The number of hydrogen-bond acceptors (Lipinski definition) is 2. The molecule has 1 N–H and O–H groups in total. The summed E-state index contributed by atoms with van der Waals surface area (Å²) in [6.45, 7) is 0.923. The zero-order valence-electron chi connectivity index (χ0n) is 13.0. The molecule has 1 aromatic rings. The number of aliphatic hydroxyl groups is 1. The minimum atomic E-state index is -0.309. The number of ether oxygens (including phenoxy) is 1. The summed E-state index contributed by atoms with van der Waals surface area (Å²) < 4.78 is 6.17. The molecule has 3 rings (SSSR count). The summed E-state index contributed by atoms with van der Waals surface area (Å²) in [5.41, 5.74) is 1.25. The highest BCUT2D eigenvalue weighted by Crippen LogP contribution is 2.42. The van der Waals surface area contributed by atoms with E-state index in [1.54, 1.807) is 0 Å². The minimum absolute atomic E-state index is 0.193. The molecule has 2 unspecified atom stereocenters. The van der Waals surface area contributed by atoms with E-state index >= 15 is 0 Å². The van der Waals surface area contributed by atoms with Gasteiger partial charge in [-0.25, -0.2) is 0 Å². The lowest BCUT2D eigenvalue weighted by Crippen LogP contribution is -2.41. The summed E-state index contributed by atoms with van der Waals surface area (Å²) in [5.74, 6) is 0.732. The van der Waals surface area contributed by atoms with Gasteiger partial charge in [0.25, 0.3) is 0 Å². The third-order valence-electron chi connectivity index (χ3n) is 5.39. The van der Waals surface area contributed by atoms with Gasteiger partial charge in [-0.05, 0) is 50.0 Å². The van der Waals surface area contributed by atoms with Crippen molar-refractivity contribution in [3.63, 3.8) is 0 Å². The Morgan fingerprint density at radius 3 is 2.67 bits per heavy atom. The fourth-order valence-corrected chi connectivity index (χ4v) is 4.16. The molecule has 0 bridgehead atoms. The zero-order valence-corrected chi connectivity index (χ0v) is 13.0. The highest BCUT2D eigenvalue weighted by atomic mass is 16.5. The smallest absolute Gasteiger partial charge is 0.0790 e. The number of rotatable bonds is 4. The fraction of sp³-hybridized carbons (Fsp3) is 0.684. The lowest BCUT2D eigenvalue weighted by molar-refractivity contribution is -0.119. The SMILES string of the molecule is OC(CCC1CCOC2(CCCCC2)C1)c1ccccc1. The second-order valence-electron chi connectivity index (χ2n) is 6.95. The van der Waals surface area contributed by atoms with Gasteiger partial charge in [-0.3, -0.25) is 0 Å². The summed E-state index contributed by atoms with van der Waals surface area (Å²) in [6, 6.07) is 10.1. The molecule has 1 saturated heterocycles. The van der Waals surface area contributed by atoms with E-state index in [1.807, 2.05) is 30.3 Å². The first kappa shape index (κ1) is 15.1. The molecule has 2 heteroatoms. The van der Waals surface area contributed by atoms with Crippen LogP contribution in [0.1, 0.15) is 69.5 Å². The molecule has 1 aliphatic carbocycles. The Labute approximate surface area is 128 Å². The Hall–Kier alpha value is -0.860. The Morgan fingerprint density at radius 1 is 1.14 bits per heavy atom. The van der Waals surface area contributed by atoms with E-state index in [1.165, 1.54) is 44.9 Å². The van der Waals surface area contributed by atoms with Gasteiger partial charge in [0.2, 0.25) is 0 Å². The summed E-state index contributed by atoms with van der Waals surface area (Å²) in [7, 11) is 0. The Morgan fingerprint density at radius 2 is 1.90 bits per heavy atom. The maximum Gasteiger partial charge on any atom is 0.0790 e. The van der Waals surface area contributed by atoms with Crippen LogP contribution in [0.5, 0.6) is 0 Å². The molecule has 0 amide bonds. The van der Waals surface area contributed by atoms with Crippen LogP contribution in [0.2, 0.25) is 0 Å². The highest BCUT2D eigenvalue weighted by molar-refractivity contribution is 5.17. The zero-order chi connectivity index (χ0) is 14.5. The molecule has 116 valence electrons. The lowest BCUT2D eigenvalue weighted by atomic mass is 9.75. The number of aliphatic hydroxyl groups excluding tert-OH is 1. The van der Waals surface area contributed by atoms with E-state index in [0.717, 1.165) is 30.9 Å². The maximum atomic E-state index is 10.3. The van der Waals surface area contributed by atoms with Crippen LogP contribution in [-0.4, -0.2) is 17.3 Å². The van der Waals surface area contributed by atoms with Gasteiger partial charge in [-0.1, -0.05) is 49.6 Å². The maximum absolute atomic E-state index is 10.3. The van der Waals surface area contributed by atoms with Crippen molar-refractivity contribution in [3.05, 3.63) is 35.9 Å². The van der Waals surface area contributed by atoms with Gasteiger partial charge in [-0.15, -0.1) is 0 Å². The van der Waals surface area contributed by atoms with E-state index < -0.39 is 0 Å². The van der Waals surface area contributed by atoms with Crippen molar-refractivity contribution < 1.29 is 9.84 Å². The third-order valence-corrected chi connectivity index (χ3v) is 5.39. The summed E-state index contributed by atoms with van der Waals surface area (Å²) in [4.78, 5) is 0. The molecule has 1 aliphatic heterocycles. The Kier molecular flexibility index (Phi) is 4.97. The normalized spacial score (nSPS) is 26.6. The van der Waals surface area contributed by atoms with Crippen LogP contribution in [0, 0.1) is 5.92 Å². The summed E-state index contributed by atoms with van der Waals surface area (Å²) in [6.07, 6.45) is 10.6. The topological polar surface area (TPSA) is 29.5 Å². The molecule has 1 saturated carbocycles. The molecular formula is C19H28O2. The minimum Gasteiger partial charge on any atom is -0.388 e. The van der Waals surface area contributed by atoms with Crippen molar-refractivity contribution in [2.45, 2.75) is 69.5 Å². The van der Waals surface area contributed by atoms with Crippen molar-refractivity contribution in [1.82, 2.24) is 0 Å². The third kappa shape index (κ3) is 3.87.